The summed E-state index contributed by atoms with van der Waals surface area (Å²) in [6.07, 6.45) is 3.92. The maximum absolute atomic E-state index is 11.5. The molecular weight excluding hydrogens is 254 g/mol. The van der Waals surface area contributed by atoms with Crippen molar-refractivity contribution in [2.45, 2.75) is 31.7 Å². The number of carbonyl (C=O) groups is 2. The van der Waals surface area contributed by atoms with Gasteiger partial charge < -0.3 is 16.0 Å². The van der Waals surface area contributed by atoms with Crippen molar-refractivity contribution in [3.8, 4) is 0 Å². The third kappa shape index (κ3) is 5.73. The van der Waals surface area contributed by atoms with Gasteiger partial charge in [0.1, 0.15) is 0 Å². The van der Waals surface area contributed by atoms with Crippen LogP contribution in [0, 0.1) is 0 Å². The minimum atomic E-state index is -0.288. The Morgan fingerprint density at radius 3 is 2.55 bits per heavy atom. The second-order valence-corrected chi connectivity index (χ2v) is 5.04. The van der Waals surface area contributed by atoms with Gasteiger partial charge in [-0.3, -0.25) is 4.79 Å². The number of aryl methyl sites for hydroxylation is 1. The van der Waals surface area contributed by atoms with Crippen molar-refractivity contribution >= 4 is 11.9 Å². The Kier molecular flexibility index (Phi) is 5.41. The minimum Gasteiger partial charge on any atom is -0.352 e. The summed E-state index contributed by atoms with van der Waals surface area (Å²) in [6, 6.07) is 10.2. The Bertz CT molecular complexity index is 444. The molecule has 20 heavy (non-hydrogen) atoms. The Labute approximate surface area is 119 Å². The molecular formula is C15H21N3O2. The molecule has 0 unspecified atom stereocenters. The third-order valence-electron chi connectivity index (χ3n) is 3.12. The summed E-state index contributed by atoms with van der Waals surface area (Å²) < 4.78 is 0. The highest BCUT2D eigenvalue weighted by Gasteiger charge is 2.22. The first-order valence-corrected chi connectivity index (χ1v) is 7.09. The first-order chi connectivity index (χ1) is 9.74. The Morgan fingerprint density at radius 2 is 1.85 bits per heavy atom. The van der Waals surface area contributed by atoms with E-state index in [0.29, 0.717) is 12.6 Å². The molecule has 0 radical (unpaired) electrons. The monoisotopic (exact) mass is 275 g/mol. The SMILES string of the molecule is O=C(CNC(=O)NCCCc1ccccc1)NC1CC1. The zero-order valence-electron chi connectivity index (χ0n) is 11.5. The molecule has 0 atom stereocenters. The predicted octanol–water partition coefficient (Wildman–Crippen LogP) is 1.20. The fourth-order valence-corrected chi connectivity index (χ4v) is 1.87. The number of amides is 3. The highest BCUT2D eigenvalue weighted by atomic mass is 16.2. The maximum atomic E-state index is 11.5. The maximum Gasteiger partial charge on any atom is 0.315 e. The van der Waals surface area contributed by atoms with Crippen LogP contribution in [0.25, 0.3) is 0 Å². The Morgan fingerprint density at radius 1 is 1.10 bits per heavy atom. The van der Waals surface area contributed by atoms with E-state index in [0.717, 1.165) is 25.7 Å². The molecule has 2 rings (SSSR count). The zero-order valence-corrected chi connectivity index (χ0v) is 11.5. The lowest BCUT2D eigenvalue weighted by Gasteiger charge is -2.08. The van der Waals surface area contributed by atoms with Gasteiger partial charge in [-0.2, -0.15) is 0 Å². The van der Waals surface area contributed by atoms with Crippen LogP contribution in [-0.4, -0.2) is 31.1 Å². The number of rotatable bonds is 7. The first kappa shape index (κ1) is 14.4. The van der Waals surface area contributed by atoms with Crippen molar-refractivity contribution in [2.75, 3.05) is 13.1 Å². The van der Waals surface area contributed by atoms with E-state index >= 15 is 0 Å². The van der Waals surface area contributed by atoms with Crippen LogP contribution >= 0.6 is 0 Å². The van der Waals surface area contributed by atoms with Crippen LogP contribution in [0.2, 0.25) is 0 Å². The van der Waals surface area contributed by atoms with Gasteiger partial charge in [-0.15, -0.1) is 0 Å². The number of nitrogens with one attached hydrogen (secondary N) is 3. The molecule has 0 aromatic heterocycles. The highest BCUT2D eigenvalue weighted by molar-refractivity contribution is 5.84. The molecule has 1 aromatic carbocycles. The summed E-state index contributed by atoms with van der Waals surface area (Å²) in [5.74, 6) is -0.119. The van der Waals surface area contributed by atoms with Gasteiger partial charge in [0, 0.05) is 12.6 Å². The lowest BCUT2D eigenvalue weighted by molar-refractivity contribution is -0.120. The molecule has 108 valence electrons. The van der Waals surface area contributed by atoms with Crippen LogP contribution in [0.1, 0.15) is 24.8 Å². The van der Waals surface area contributed by atoms with E-state index in [1.807, 2.05) is 18.2 Å². The molecule has 0 bridgehead atoms. The second-order valence-electron chi connectivity index (χ2n) is 5.04. The normalized spacial score (nSPS) is 13.6. The van der Waals surface area contributed by atoms with Crippen LogP contribution < -0.4 is 16.0 Å². The molecule has 0 heterocycles. The molecule has 1 saturated carbocycles. The summed E-state index contributed by atoms with van der Waals surface area (Å²) in [5, 5.41) is 8.12. The molecule has 5 nitrogen and oxygen atoms in total. The average Bonchev–Trinajstić information content (AvgIpc) is 3.26. The van der Waals surface area contributed by atoms with Gasteiger partial charge in [-0.1, -0.05) is 30.3 Å². The van der Waals surface area contributed by atoms with Gasteiger partial charge in [0.15, 0.2) is 0 Å². The number of carbonyl (C=O) groups excluding carboxylic acids is 2. The lowest BCUT2D eigenvalue weighted by Crippen LogP contribution is -2.42. The standard InChI is InChI=1S/C15H21N3O2/c19-14(18-13-8-9-13)11-17-15(20)16-10-4-7-12-5-2-1-3-6-12/h1-3,5-6,13H,4,7-11H2,(H,18,19)(H2,16,17,20). The Balaban J connectivity index is 1.50. The second kappa shape index (κ2) is 7.53. The number of urea groups is 1. The van der Waals surface area contributed by atoms with E-state index in [9.17, 15) is 9.59 Å². The van der Waals surface area contributed by atoms with Crippen molar-refractivity contribution in [1.29, 1.82) is 0 Å². The molecule has 5 heteroatoms. The van der Waals surface area contributed by atoms with Gasteiger partial charge in [-0.25, -0.2) is 4.79 Å². The molecule has 3 N–H and O–H groups in total. The molecule has 0 saturated heterocycles. The van der Waals surface area contributed by atoms with Crippen molar-refractivity contribution in [1.82, 2.24) is 16.0 Å². The van der Waals surface area contributed by atoms with Crippen LogP contribution in [0.4, 0.5) is 4.79 Å². The fraction of sp³-hybridized carbons (Fsp3) is 0.467. The third-order valence-corrected chi connectivity index (χ3v) is 3.12. The van der Waals surface area contributed by atoms with Gasteiger partial charge in [0.05, 0.1) is 6.54 Å². The van der Waals surface area contributed by atoms with E-state index in [-0.39, 0.29) is 18.5 Å². The highest BCUT2D eigenvalue weighted by Crippen LogP contribution is 2.18. The molecule has 1 aliphatic rings. The summed E-state index contributed by atoms with van der Waals surface area (Å²) in [7, 11) is 0. The van der Waals surface area contributed by atoms with E-state index in [4.69, 9.17) is 0 Å². The average molecular weight is 275 g/mol. The minimum absolute atomic E-state index is 0.0427. The number of hydrogen-bond donors (Lipinski definition) is 3. The molecule has 1 fully saturated rings. The largest absolute Gasteiger partial charge is 0.352 e. The zero-order chi connectivity index (χ0) is 14.2. The summed E-state index contributed by atoms with van der Waals surface area (Å²) in [4.78, 5) is 22.8. The number of hydrogen-bond acceptors (Lipinski definition) is 2. The van der Waals surface area contributed by atoms with Gasteiger partial charge in [0.25, 0.3) is 0 Å². The molecule has 3 amide bonds. The Hall–Kier alpha value is -2.04. The lowest BCUT2D eigenvalue weighted by atomic mass is 10.1. The molecule has 1 aliphatic carbocycles. The van der Waals surface area contributed by atoms with Crippen LogP contribution in [0.5, 0.6) is 0 Å². The molecule has 0 aliphatic heterocycles. The molecule has 1 aromatic rings. The summed E-state index contributed by atoms with van der Waals surface area (Å²) in [6.45, 7) is 0.645. The van der Waals surface area contributed by atoms with E-state index in [2.05, 4.69) is 28.1 Å². The quantitative estimate of drug-likeness (QED) is 0.654. The van der Waals surface area contributed by atoms with Crippen molar-refractivity contribution in [3.05, 3.63) is 35.9 Å². The predicted molar refractivity (Wildman–Crippen MR) is 77.3 cm³/mol. The smallest absolute Gasteiger partial charge is 0.315 e. The first-order valence-electron chi connectivity index (χ1n) is 7.09. The van der Waals surface area contributed by atoms with Crippen molar-refractivity contribution in [2.24, 2.45) is 0 Å². The van der Waals surface area contributed by atoms with Crippen LogP contribution in [0.15, 0.2) is 30.3 Å². The van der Waals surface area contributed by atoms with Crippen molar-refractivity contribution in [3.63, 3.8) is 0 Å². The topological polar surface area (TPSA) is 70.2 Å². The number of benzene rings is 1. The van der Waals surface area contributed by atoms with Crippen LogP contribution in [-0.2, 0) is 11.2 Å². The molecule has 0 spiro atoms. The van der Waals surface area contributed by atoms with E-state index in [1.165, 1.54) is 5.56 Å². The van der Waals surface area contributed by atoms with Crippen molar-refractivity contribution < 1.29 is 9.59 Å². The summed E-state index contributed by atoms with van der Waals surface area (Å²) in [5.41, 5.74) is 1.26. The van der Waals surface area contributed by atoms with E-state index in [1.54, 1.807) is 0 Å². The fourth-order valence-electron chi connectivity index (χ4n) is 1.87. The summed E-state index contributed by atoms with van der Waals surface area (Å²) >= 11 is 0. The van der Waals surface area contributed by atoms with Gasteiger partial charge in [0.2, 0.25) is 5.91 Å². The van der Waals surface area contributed by atoms with Gasteiger partial charge >= 0.3 is 6.03 Å². The van der Waals surface area contributed by atoms with Gasteiger partial charge in [-0.05, 0) is 31.2 Å². The van der Waals surface area contributed by atoms with E-state index < -0.39 is 0 Å². The van der Waals surface area contributed by atoms with Crippen LogP contribution in [0.3, 0.4) is 0 Å².